The summed E-state index contributed by atoms with van der Waals surface area (Å²) >= 11 is 1.53. The van der Waals surface area contributed by atoms with Gasteiger partial charge in [0.1, 0.15) is 10.8 Å². The maximum atomic E-state index is 13.8. The molecule has 0 atom stereocenters. The highest BCUT2D eigenvalue weighted by Gasteiger charge is 2.17. The van der Waals surface area contributed by atoms with Crippen molar-refractivity contribution in [3.8, 4) is 10.6 Å². The summed E-state index contributed by atoms with van der Waals surface area (Å²) < 4.78 is 13.8. The van der Waals surface area contributed by atoms with E-state index in [1.165, 1.54) is 35.5 Å². The second-order valence-electron chi connectivity index (χ2n) is 7.44. The lowest BCUT2D eigenvalue weighted by molar-refractivity contribution is -0.115. The predicted octanol–water partition coefficient (Wildman–Crippen LogP) is 5.43. The van der Waals surface area contributed by atoms with Gasteiger partial charge in [-0.25, -0.2) is 9.37 Å². The molecule has 1 aliphatic rings. The van der Waals surface area contributed by atoms with E-state index in [1.54, 1.807) is 6.07 Å². The molecule has 2 heterocycles. The lowest BCUT2D eigenvalue weighted by Gasteiger charge is -2.30. The Morgan fingerprint density at radius 2 is 1.90 bits per heavy atom. The maximum Gasteiger partial charge on any atom is 0.230 e. The van der Waals surface area contributed by atoms with Crippen molar-refractivity contribution in [2.24, 2.45) is 0 Å². The van der Waals surface area contributed by atoms with Gasteiger partial charge in [0, 0.05) is 24.0 Å². The fourth-order valence-corrected chi connectivity index (χ4v) is 4.42. The molecule has 0 spiro atoms. The molecule has 1 aromatic heterocycles. The van der Waals surface area contributed by atoms with Gasteiger partial charge in [-0.3, -0.25) is 4.79 Å². The molecule has 0 saturated carbocycles. The van der Waals surface area contributed by atoms with Crippen LogP contribution < -0.4 is 10.2 Å². The standard InChI is InChI=1S/C23H24FN3OS/c1-16-5-7-17(8-6-16)23-25-19(15-29-23)14-22(28)26-20-13-18(24)9-10-21(20)27-11-3-2-4-12-27/h5-10,13,15H,2-4,11-12,14H2,1H3,(H,26,28). The van der Waals surface area contributed by atoms with Crippen LogP contribution in [-0.2, 0) is 11.2 Å². The third kappa shape index (κ3) is 4.82. The van der Waals surface area contributed by atoms with Gasteiger partial charge in [0.25, 0.3) is 0 Å². The number of halogens is 1. The van der Waals surface area contributed by atoms with E-state index >= 15 is 0 Å². The van der Waals surface area contributed by atoms with Crippen LogP contribution in [0.4, 0.5) is 15.8 Å². The van der Waals surface area contributed by atoms with E-state index in [-0.39, 0.29) is 18.1 Å². The van der Waals surface area contributed by atoms with E-state index in [0.29, 0.717) is 5.69 Å². The van der Waals surface area contributed by atoms with Crippen molar-refractivity contribution in [1.82, 2.24) is 4.98 Å². The first kappa shape index (κ1) is 19.6. The molecule has 1 amide bonds. The van der Waals surface area contributed by atoms with Crippen molar-refractivity contribution >= 4 is 28.6 Å². The number of carbonyl (C=O) groups excluding carboxylic acids is 1. The highest BCUT2D eigenvalue weighted by atomic mass is 32.1. The molecule has 0 radical (unpaired) electrons. The molecule has 1 saturated heterocycles. The van der Waals surface area contributed by atoms with Crippen LogP contribution in [0.5, 0.6) is 0 Å². The van der Waals surface area contributed by atoms with Crippen molar-refractivity contribution in [3.05, 3.63) is 64.9 Å². The molecular weight excluding hydrogens is 385 g/mol. The number of thiazole rings is 1. The number of hydrogen-bond donors (Lipinski definition) is 1. The zero-order chi connectivity index (χ0) is 20.2. The Hall–Kier alpha value is -2.73. The van der Waals surface area contributed by atoms with Crippen LogP contribution in [0.25, 0.3) is 10.6 Å². The van der Waals surface area contributed by atoms with Gasteiger partial charge in [0.2, 0.25) is 5.91 Å². The molecule has 0 aliphatic carbocycles. The van der Waals surface area contributed by atoms with Crippen LogP contribution in [0.3, 0.4) is 0 Å². The molecule has 29 heavy (non-hydrogen) atoms. The van der Waals surface area contributed by atoms with E-state index in [2.05, 4.69) is 27.3 Å². The molecule has 1 N–H and O–H groups in total. The highest BCUT2D eigenvalue weighted by Crippen LogP contribution is 2.30. The van der Waals surface area contributed by atoms with Crippen LogP contribution in [0.2, 0.25) is 0 Å². The number of nitrogens with zero attached hydrogens (tertiary/aromatic N) is 2. The van der Waals surface area contributed by atoms with E-state index < -0.39 is 0 Å². The van der Waals surface area contributed by atoms with Crippen LogP contribution in [0, 0.1) is 12.7 Å². The minimum atomic E-state index is -0.351. The second-order valence-corrected chi connectivity index (χ2v) is 8.30. The molecule has 3 aromatic rings. The monoisotopic (exact) mass is 409 g/mol. The number of nitrogens with one attached hydrogen (secondary N) is 1. The van der Waals surface area contributed by atoms with Gasteiger partial charge in [-0.1, -0.05) is 29.8 Å². The van der Waals surface area contributed by atoms with Crippen molar-refractivity contribution in [2.75, 3.05) is 23.3 Å². The summed E-state index contributed by atoms with van der Waals surface area (Å²) in [6.45, 7) is 3.91. The van der Waals surface area contributed by atoms with Crippen LogP contribution >= 0.6 is 11.3 Å². The Labute approximate surface area is 174 Å². The first-order valence-electron chi connectivity index (χ1n) is 9.94. The van der Waals surface area contributed by atoms with E-state index in [1.807, 2.05) is 24.4 Å². The molecule has 1 fully saturated rings. The minimum absolute atomic E-state index is 0.165. The van der Waals surface area contributed by atoms with Crippen molar-refractivity contribution in [3.63, 3.8) is 0 Å². The molecule has 2 aromatic carbocycles. The van der Waals surface area contributed by atoms with Crippen LogP contribution in [0.15, 0.2) is 47.8 Å². The number of hydrogen-bond acceptors (Lipinski definition) is 4. The van der Waals surface area contributed by atoms with Crippen molar-refractivity contribution in [1.29, 1.82) is 0 Å². The molecule has 4 rings (SSSR count). The lowest BCUT2D eigenvalue weighted by Crippen LogP contribution is -2.30. The van der Waals surface area contributed by atoms with Crippen molar-refractivity contribution in [2.45, 2.75) is 32.6 Å². The third-order valence-electron chi connectivity index (χ3n) is 5.12. The van der Waals surface area contributed by atoms with Gasteiger partial charge in [-0.15, -0.1) is 11.3 Å². The summed E-state index contributed by atoms with van der Waals surface area (Å²) in [5.74, 6) is -0.536. The normalized spacial score (nSPS) is 14.1. The predicted molar refractivity (Wildman–Crippen MR) is 117 cm³/mol. The topological polar surface area (TPSA) is 45.2 Å². The fourth-order valence-electron chi connectivity index (χ4n) is 3.59. The second kappa shape index (κ2) is 8.74. The Morgan fingerprint density at radius 3 is 2.66 bits per heavy atom. The number of rotatable bonds is 5. The maximum absolute atomic E-state index is 13.8. The van der Waals surface area contributed by atoms with Gasteiger partial charge in [0.15, 0.2) is 0 Å². The number of benzene rings is 2. The zero-order valence-electron chi connectivity index (χ0n) is 16.5. The summed E-state index contributed by atoms with van der Waals surface area (Å²) in [6.07, 6.45) is 3.61. The Bertz CT molecular complexity index is 994. The van der Waals surface area contributed by atoms with Crippen LogP contribution in [-0.4, -0.2) is 24.0 Å². The summed E-state index contributed by atoms with van der Waals surface area (Å²) in [5, 5.41) is 5.70. The fraction of sp³-hybridized carbons (Fsp3) is 0.304. The first-order chi connectivity index (χ1) is 14.1. The average Bonchev–Trinajstić information content (AvgIpc) is 3.17. The average molecular weight is 410 g/mol. The summed E-state index contributed by atoms with van der Waals surface area (Å²) in [4.78, 5) is 19.4. The van der Waals surface area contributed by atoms with E-state index in [9.17, 15) is 9.18 Å². The number of anilines is 2. The Kier molecular flexibility index (Phi) is 5.90. The number of carbonyl (C=O) groups is 1. The molecule has 0 bridgehead atoms. The highest BCUT2D eigenvalue weighted by molar-refractivity contribution is 7.13. The number of aromatic nitrogens is 1. The number of aryl methyl sites for hydroxylation is 1. The molecule has 0 unspecified atom stereocenters. The molecular formula is C23H24FN3OS. The van der Waals surface area contributed by atoms with Gasteiger partial charge in [-0.05, 0) is 44.4 Å². The zero-order valence-corrected chi connectivity index (χ0v) is 17.3. The van der Waals surface area contributed by atoms with Gasteiger partial charge >= 0.3 is 0 Å². The lowest BCUT2D eigenvalue weighted by atomic mass is 10.1. The van der Waals surface area contributed by atoms with Gasteiger partial charge in [-0.2, -0.15) is 0 Å². The Morgan fingerprint density at radius 1 is 1.14 bits per heavy atom. The van der Waals surface area contributed by atoms with Gasteiger partial charge in [0.05, 0.1) is 23.5 Å². The molecule has 6 heteroatoms. The first-order valence-corrected chi connectivity index (χ1v) is 10.8. The minimum Gasteiger partial charge on any atom is -0.370 e. The SMILES string of the molecule is Cc1ccc(-c2nc(CC(=O)Nc3cc(F)ccc3N3CCCCC3)cs2)cc1. The third-order valence-corrected chi connectivity index (χ3v) is 6.06. The van der Waals surface area contributed by atoms with Gasteiger partial charge < -0.3 is 10.2 Å². The smallest absolute Gasteiger partial charge is 0.230 e. The summed E-state index contributed by atoms with van der Waals surface area (Å²) in [6, 6.07) is 12.8. The van der Waals surface area contributed by atoms with Crippen LogP contribution in [0.1, 0.15) is 30.5 Å². The number of piperidine rings is 1. The summed E-state index contributed by atoms with van der Waals surface area (Å²) in [5.41, 5.74) is 4.39. The Balaban J connectivity index is 1.46. The molecule has 1 aliphatic heterocycles. The number of amides is 1. The quantitative estimate of drug-likeness (QED) is 0.611. The van der Waals surface area contributed by atoms with Crippen molar-refractivity contribution < 1.29 is 9.18 Å². The molecule has 4 nitrogen and oxygen atoms in total. The van der Waals surface area contributed by atoms with E-state index in [0.717, 1.165) is 47.9 Å². The largest absolute Gasteiger partial charge is 0.370 e. The molecule has 150 valence electrons. The summed E-state index contributed by atoms with van der Waals surface area (Å²) in [7, 11) is 0. The van der Waals surface area contributed by atoms with E-state index in [4.69, 9.17) is 0 Å².